The first-order valence-electron chi connectivity index (χ1n) is 18.0. The highest BCUT2D eigenvalue weighted by Gasteiger charge is 2.37. The number of hydrogen-bond acceptors (Lipinski definition) is 9. The van der Waals surface area contributed by atoms with Gasteiger partial charge in [-0.25, -0.2) is 13.2 Å². The molecule has 4 aromatic carbocycles. The molecule has 3 aliphatic rings. The van der Waals surface area contributed by atoms with Crippen molar-refractivity contribution in [1.29, 1.82) is 0 Å². The Labute approximate surface area is 319 Å². The third-order valence-corrected chi connectivity index (χ3v) is 12.4. The average molecular weight is 757 g/mol. The van der Waals surface area contributed by atoms with Crippen LogP contribution in [0.2, 0.25) is 0 Å². The lowest BCUT2D eigenvalue weighted by molar-refractivity contribution is -0.151. The molecule has 1 saturated heterocycles. The number of sulfonamides is 1. The van der Waals surface area contributed by atoms with Gasteiger partial charge in [-0.2, -0.15) is 4.31 Å². The number of aromatic nitrogens is 1. The molecule has 55 heavy (non-hydrogen) atoms. The maximum Gasteiger partial charge on any atom is 0.336 e. The Hall–Kier alpha value is -6.24. The van der Waals surface area contributed by atoms with Crippen molar-refractivity contribution in [2.75, 3.05) is 37.0 Å². The highest BCUT2D eigenvalue weighted by atomic mass is 32.2. The summed E-state index contributed by atoms with van der Waals surface area (Å²) in [6, 6.07) is 35.5. The third kappa shape index (κ3) is 6.75. The molecule has 1 aliphatic carbocycles. The van der Waals surface area contributed by atoms with Crippen LogP contribution in [0, 0.1) is 5.92 Å². The van der Waals surface area contributed by atoms with Gasteiger partial charge in [-0.1, -0.05) is 60.7 Å². The number of carbonyl (C=O) groups excluding carboxylic acids is 1. The number of rotatable bonds is 9. The summed E-state index contributed by atoms with van der Waals surface area (Å²) in [5.41, 5.74) is 6.80. The molecule has 0 radical (unpaired) electrons. The second-order valence-electron chi connectivity index (χ2n) is 13.7. The second kappa shape index (κ2) is 14.5. The van der Waals surface area contributed by atoms with E-state index in [1.165, 1.54) is 16.4 Å². The molecule has 11 nitrogen and oxygen atoms in total. The number of anilines is 3. The molecule has 1 aromatic heterocycles. The van der Waals surface area contributed by atoms with Gasteiger partial charge >= 0.3 is 5.97 Å². The number of aromatic hydroxyl groups is 2. The van der Waals surface area contributed by atoms with E-state index in [0.717, 1.165) is 39.5 Å². The molecule has 1 unspecified atom stereocenters. The van der Waals surface area contributed by atoms with Crippen molar-refractivity contribution in [1.82, 2.24) is 9.04 Å². The standard InChI is InChI=1S/C43H40N4O7S/c1-44(30-11-5-3-6-12-30)32-17-19-34-37(27-32)53-38-28-33(45(2)31-13-7-4-8-14-31)18-20-35(38)42(34)36-15-9-10-16-39(36)55(51,52)46-25-23-29(24-26-46)43(50)54-47-40(48)21-22-41(47)49/h3-22,27-29,37,48-49H,23-26H2,1-2H3. The number of likely N-dealkylation sites (N-methyl/N-ethyl adjacent to an activating group) is 1. The topological polar surface area (TPSA) is 125 Å². The Bertz CT molecular complexity index is 2430. The number of piperidine rings is 1. The highest BCUT2D eigenvalue weighted by molar-refractivity contribution is 7.89. The lowest BCUT2D eigenvalue weighted by Gasteiger charge is -2.35. The van der Waals surface area contributed by atoms with E-state index >= 15 is 0 Å². The van der Waals surface area contributed by atoms with E-state index in [1.54, 1.807) is 12.1 Å². The van der Waals surface area contributed by atoms with Crippen LogP contribution in [0.3, 0.4) is 0 Å². The zero-order valence-electron chi connectivity index (χ0n) is 30.3. The van der Waals surface area contributed by atoms with Crippen LogP contribution in [0.4, 0.5) is 17.1 Å². The van der Waals surface area contributed by atoms with Crippen molar-refractivity contribution in [3.8, 4) is 17.5 Å². The van der Waals surface area contributed by atoms with Gasteiger partial charge in [0.05, 0.1) is 10.8 Å². The number of carbonyl (C=O) groups is 1. The van der Waals surface area contributed by atoms with Crippen molar-refractivity contribution >= 4 is 38.6 Å². The maximum absolute atomic E-state index is 14.6. The minimum Gasteiger partial charge on any atom is -0.492 e. The van der Waals surface area contributed by atoms with E-state index < -0.39 is 39.8 Å². The Balaban J connectivity index is 1.15. The SMILES string of the molecule is CN(C1=CC2Oc3cc(N(C)c4ccccc4)ccc3C(c3ccccc3S(=O)(=O)N3CCC(C(=O)On4c(O)ccc4O)CC3)=C2C=C1)c1ccccc1. The number of allylic oxidation sites excluding steroid dienone is 1. The zero-order chi connectivity index (χ0) is 38.3. The predicted molar refractivity (Wildman–Crippen MR) is 211 cm³/mol. The van der Waals surface area contributed by atoms with Gasteiger partial charge in [0.25, 0.3) is 0 Å². The molecule has 0 saturated carbocycles. The van der Waals surface area contributed by atoms with Gasteiger partial charge in [-0.3, -0.25) is 0 Å². The van der Waals surface area contributed by atoms with E-state index in [2.05, 4.69) is 15.9 Å². The van der Waals surface area contributed by atoms with Gasteiger partial charge in [0, 0.05) is 90.4 Å². The number of para-hydroxylation sites is 2. The Morgan fingerprint density at radius 2 is 1.36 bits per heavy atom. The largest absolute Gasteiger partial charge is 0.492 e. The highest BCUT2D eigenvalue weighted by Crippen LogP contribution is 2.46. The van der Waals surface area contributed by atoms with E-state index in [0.29, 0.717) is 16.0 Å². The monoisotopic (exact) mass is 756 g/mol. The quantitative estimate of drug-likeness (QED) is 0.166. The summed E-state index contributed by atoms with van der Waals surface area (Å²) in [5.74, 6) is -1.50. The van der Waals surface area contributed by atoms with Gasteiger partial charge < -0.3 is 29.6 Å². The van der Waals surface area contributed by atoms with E-state index in [1.807, 2.05) is 117 Å². The first-order chi connectivity index (χ1) is 26.6. The van der Waals surface area contributed by atoms with E-state index in [4.69, 9.17) is 9.57 Å². The molecule has 5 aromatic rings. The maximum atomic E-state index is 14.6. The Morgan fingerprint density at radius 3 is 2.04 bits per heavy atom. The predicted octanol–water partition coefficient (Wildman–Crippen LogP) is 6.88. The zero-order valence-corrected chi connectivity index (χ0v) is 31.1. The average Bonchev–Trinajstić information content (AvgIpc) is 3.54. The van der Waals surface area contributed by atoms with Crippen LogP contribution in [0.25, 0.3) is 5.57 Å². The second-order valence-corrected chi connectivity index (χ2v) is 15.6. The first kappa shape index (κ1) is 35.8. The molecule has 1 atom stereocenters. The molecule has 280 valence electrons. The van der Waals surface area contributed by atoms with Crippen molar-refractivity contribution in [3.05, 3.63) is 156 Å². The van der Waals surface area contributed by atoms with Crippen molar-refractivity contribution in [3.63, 3.8) is 0 Å². The van der Waals surface area contributed by atoms with Gasteiger partial charge in [0.2, 0.25) is 21.8 Å². The van der Waals surface area contributed by atoms with Gasteiger partial charge in [-0.15, -0.1) is 4.73 Å². The lowest BCUT2D eigenvalue weighted by atomic mass is 9.85. The molecule has 8 rings (SSSR count). The summed E-state index contributed by atoms with van der Waals surface area (Å²) >= 11 is 0. The fourth-order valence-electron chi connectivity index (χ4n) is 7.36. The smallest absolute Gasteiger partial charge is 0.336 e. The molecule has 0 spiro atoms. The van der Waals surface area contributed by atoms with Gasteiger partial charge in [0.15, 0.2) is 0 Å². The summed E-state index contributed by atoms with van der Waals surface area (Å²) in [6.45, 7) is 0.169. The summed E-state index contributed by atoms with van der Waals surface area (Å²) in [6.07, 6.45) is 6.01. The number of fused-ring (bicyclic) bond motifs is 2. The Kier molecular flexibility index (Phi) is 9.45. The minimum atomic E-state index is -4.05. The van der Waals surface area contributed by atoms with Crippen LogP contribution in [0.1, 0.15) is 24.0 Å². The number of benzene rings is 4. The molecule has 2 aliphatic heterocycles. The molecule has 12 heteroatoms. The molecule has 3 heterocycles. The normalized spacial score (nSPS) is 17.1. The third-order valence-electron chi connectivity index (χ3n) is 10.4. The summed E-state index contributed by atoms with van der Waals surface area (Å²) in [7, 11) is -0.0467. The number of ether oxygens (including phenoxy) is 1. The molecular formula is C43H40N4O7S. The van der Waals surface area contributed by atoms with Crippen LogP contribution < -0.4 is 19.4 Å². The Morgan fingerprint density at radius 1 is 0.745 bits per heavy atom. The fraction of sp³-hybridized carbons (Fsp3) is 0.186. The van der Waals surface area contributed by atoms with Crippen LogP contribution in [0.5, 0.6) is 17.5 Å². The minimum absolute atomic E-state index is 0.0846. The summed E-state index contributed by atoms with van der Waals surface area (Å²) in [4.78, 5) is 22.5. The first-order valence-corrected chi connectivity index (χ1v) is 19.5. The van der Waals surface area contributed by atoms with Crippen molar-refractivity contribution < 1.29 is 33.0 Å². The number of nitrogens with zero attached hydrogens (tertiary/aromatic N) is 4. The van der Waals surface area contributed by atoms with Crippen LogP contribution in [-0.2, 0) is 14.8 Å². The molecule has 2 N–H and O–H groups in total. The van der Waals surface area contributed by atoms with Crippen LogP contribution in [-0.4, -0.2) is 66.9 Å². The van der Waals surface area contributed by atoms with Crippen LogP contribution in [0.15, 0.2) is 150 Å². The number of hydrogen-bond donors (Lipinski definition) is 2. The van der Waals surface area contributed by atoms with Crippen molar-refractivity contribution in [2.45, 2.75) is 23.8 Å². The van der Waals surface area contributed by atoms with E-state index in [-0.39, 0.29) is 30.8 Å². The molecule has 0 amide bonds. The van der Waals surface area contributed by atoms with E-state index in [9.17, 15) is 23.4 Å². The summed E-state index contributed by atoms with van der Waals surface area (Å²) < 4.78 is 38.0. The van der Waals surface area contributed by atoms with Crippen molar-refractivity contribution in [2.24, 2.45) is 5.92 Å². The summed E-state index contributed by atoms with van der Waals surface area (Å²) in [5, 5.41) is 19.8. The fourth-order valence-corrected chi connectivity index (χ4v) is 9.03. The molecule has 1 fully saturated rings. The van der Waals surface area contributed by atoms with Gasteiger partial charge in [-0.05, 0) is 67.5 Å². The van der Waals surface area contributed by atoms with Gasteiger partial charge in [0.1, 0.15) is 11.9 Å². The van der Waals surface area contributed by atoms with Crippen LogP contribution >= 0.6 is 0 Å². The molecular weight excluding hydrogens is 717 g/mol. The lowest BCUT2D eigenvalue weighted by Crippen LogP contribution is -2.42. The molecule has 0 bridgehead atoms.